The van der Waals surface area contributed by atoms with Crippen molar-refractivity contribution in [2.75, 3.05) is 28.6 Å². The number of nitrogens with one attached hydrogen (secondary N) is 2. The van der Waals surface area contributed by atoms with Crippen LogP contribution >= 0.6 is 0 Å². The standard InChI is InChI=1S/C22H23FN4O4S/c23-19-9-15(1-4-20(19)26-32(29,30)12-14-6-8-31-11-14)18-10-21(27(13-28)16-2-3-16)25-22-17(18)5-7-24-22/h1,4-5,7,9-10,13-14,16,26H,2-3,6,8,11-12H2,(H,24,25). The van der Waals surface area contributed by atoms with Gasteiger partial charge in [0.05, 0.1) is 18.0 Å². The third-order valence-electron chi connectivity index (χ3n) is 5.86. The number of ether oxygens (including phenoxy) is 1. The summed E-state index contributed by atoms with van der Waals surface area (Å²) < 4.78 is 47.4. The van der Waals surface area contributed by atoms with Gasteiger partial charge in [-0.1, -0.05) is 6.07 Å². The van der Waals surface area contributed by atoms with Crippen molar-refractivity contribution in [3.63, 3.8) is 0 Å². The second-order valence-electron chi connectivity index (χ2n) is 8.32. The number of aromatic amines is 1. The normalized spacial score (nSPS) is 18.7. The van der Waals surface area contributed by atoms with Gasteiger partial charge >= 0.3 is 0 Å². The Hall–Kier alpha value is -2.98. The minimum absolute atomic E-state index is 0.0841. The average molecular weight is 459 g/mol. The quantitative estimate of drug-likeness (QED) is 0.504. The molecule has 1 aliphatic heterocycles. The minimum atomic E-state index is -3.70. The fourth-order valence-electron chi connectivity index (χ4n) is 4.07. The smallest absolute Gasteiger partial charge is 0.233 e. The van der Waals surface area contributed by atoms with Crippen LogP contribution in [0, 0.1) is 11.7 Å². The molecule has 5 rings (SSSR count). The number of hydrogen-bond donors (Lipinski definition) is 2. The lowest BCUT2D eigenvalue weighted by atomic mass is 10.0. The van der Waals surface area contributed by atoms with Crippen molar-refractivity contribution >= 4 is 39.0 Å². The van der Waals surface area contributed by atoms with Crippen LogP contribution in [-0.2, 0) is 19.6 Å². The van der Waals surface area contributed by atoms with E-state index in [1.807, 2.05) is 6.07 Å². The van der Waals surface area contributed by atoms with Gasteiger partial charge in [-0.2, -0.15) is 0 Å². The Kier molecular flexibility index (Phi) is 5.34. The number of aromatic nitrogens is 2. The van der Waals surface area contributed by atoms with E-state index in [-0.39, 0.29) is 23.4 Å². The first-order chi connectivity index (χ1) is 15.4. The summed E-state index contributed by atoms with van der Waals surface area (Å²) in [5.74, 6) is -0.366. The molecule has 1 amide bonds. The zero-order valence-electron chi connectivity index (χ0n) is 17.3. The van der Waals surface area contributed by atoms with Gasteiger partial charge in [-0.25, -0.2) is 17.8 Å². The number of hydrogen-bond acceptors (Lipinski definition) is 5. The highest BCUT2D eigenvalue weighted by Crippen LogP contribution is 2.36. The highest BCUT2D eigenvalue weighted by molar-refractivity contribution is 7.92. The molecule has 168 valence electrons. The highest BCUT2D eigenvalue weighted by atomic mass is 32.2. The van der Waals surface area contributed by atoms with Crippen LogP contribution in [0.25, 0.3) is 22.2 Å². The van der Waals surface area contributed by atoms with Crippen LogP contribution in [0.2, 0.25) is 0 Å². The molecular weight excluding hydrogens is 435 g/mol. The molecule has 1 unspecified atom stereocenters. The number of fused-ring (bicyclic) bond motifs is 1. The van der Waals surface area contributed by atoms with Gasteiger partial charge in [0.25, 0.3) is 0 Å². The van der Waals surface area contributed by atoms with Gasteiger partial charge in [-0.05, 0) is 54.7 Å². The van der Waals surface area contributed by atoms with Crippen molar-refractivity contribution in [3.8, 4) is 11.1 Å². The van der Waals surface area contributed by atoms with Crippen LogP contribution < -0.4 is 9.62 Å². The van der Waals surface area contributed by atoms with Crippen LogP contribution in [0.3, 0.4) is 0 Å². The molecule has 32 heavy (non-hydrogen) atoms. The number of benzene rings is 1. The van der Waals surface area contributed by atoms with Crippen LogP contribution in [0.15, 0.2) is 36.5 Å². The Morgan fingerprint density at radius 1 is 1.25 bits per heavy atom. The molecule has 2 aromatic heterocycles. The predicted molar refractivity (Wildman–Crippen MR) is 119 cm³/mol. The van der Waals surface area contributed by atoms with E-state index >= 15 is 0 Å². The second-order valence-corrected chi connectivity index (χ2v) is 10.1. The lowest BCUT2D eigenvalue weighted by Gasteiger charge is -2.17. The molecule has 1 aromatic carbocycles. The molecule has 0 bridgehead atoms. The topological polar surface area (TPSA) is 104 Å². The number of H-pyrrole nitrogens is 1. The molecule has 8 nitrogen and oxygen atoms in total. The maximum atomic E-state index is 14.9. The van der Waals surface area contributed by atoms with Gasteiger partial charge in [-0.3, -0.25) is 14.4 Å². The van der Waals surface area contributed by atoms with Crippen molar-refractivity contribution in [1.29, 1.82) is 0 Å². The molecule has 3 heterocycles. The van der Waals surface area contributed by atoms with Gasteiger partial charge in [0.15, 0.2) is 0 Å². The maximum Gasteiger partial charge on any atom is 0.233 e. The monoisotopic (exact) mass is 458 g/mol. The van der Waals surface area contributed by atoms with Crippen LogP contribution in [0.1, 0.15) is 19.3 Å². The molecule has 2 fully saturated rings. The molecule has 2 aliphatic rings. The van der Waals surface area contributed by atoms with Gasteiger partial charge < -0.3 is 9.72 Å². The van der Waals surface area contributed by atoms with Gasteiger partial charge in [0.1, 0.15) is 17.3 Å². The summed E-state index contributed by atoms with van der Waals surface area (Å²) in [5.41, 5.74) is 1.76. The van der Waals surface area contributed by atoms with E-state index in [0.29, 0.717) is 42.2 Å². The predicted octanol–water partition coefficient (Wildman–Crippen LogP) is 3.27. The number of anilines is 2. The zero-order valence-corrected chi connectivity index (χ0v) is 18.1. The Labute approximate surface area is 184 Å². The summed E-state index contributed by atoms with van der Waals surface area (Å²) in [6.45, 7) is 0.950. The highest BCUT2D eigenvalue weighted by Gasteiger charge is 2.30. The summed E-state index contributed by atoms with van der Waals surface area (Å²) in [6, 6.07) is 8.12. The molecule has 0 spiro atoms. The zero-order chi connectivity index (χ0) is 22.3. The lowest BCUT2D eigenvalue weighted by molar-refractivity contribution is -0.107. The molecular formula is C22H23FN4O4S. The van der Waals surface area contributed by atoms with Crippen molar-refractivity contribution in [2.45, 2.75) is 25.3 Å². The minimum Gasteiger partial charge on any atom is -0.381 e. The van der Waals surface area contributed by atoms with E-state index in [1.165, 1.54) is 12.1 Å². The van der Waals surface area contributed by atoms with E-state index in [0.717, 1.165) is 24.6 Å². The van der Waals surface area contributed by atoms with E-state index in [2.05, 4.69) is 14.7 Å². The molecule has 1 atom stereocenters. The Morgan fingerprint density at radius 3 is 2.78 bits per heavy atom. The van der Waals surface area contributed by atoms with E-state index < -0.39 is 15.8 Å². The molecule has 1 saturated carbocycles. The second kappa shape index (κ2) is 8.18. The lowest BCUT2D eigenvalue weighted by Crippen LogP contribution is -2.24. The fraction of sp³-hybridized carbons (Fsp3) is 0.364. The van der Waals surface area contributed by atoms with Crippen LogP contribution in [0.5, 0.6) is 0 Å². The number of carbonyl (C=O) groups is 1. The van der Waals surface area contributed by atoms with Crippen molar-refractivity contribution in [1.82, 2.24) is 9.97 Å². The molecule has 0 radical (unpaired) electrons. The van der Waals surface area contributed by atoms with Gasteiger partial charge in [-0.15, -0.1) is 0 Å². The van der Waals surface area contributed by atoms with Crippen molar-refractivity contribution in [2.24, 2.45) is 5.92 Å². The molecule has 2 N–H and O–H groups in total. The number of pyridine rings is 1. The summed E-state index contributed by atoms with van der Waals surface area (Å²) >= 11 is 0. The molecule has 10 heteroatoms. The van der Waals surface area contributed by atoms with Crippen LogP contribution in [0.4, 0.5) is 15.9 Å². The first-order valence-corrected chi connectivity index (χ1v) is 12.2. The SMILES string of the molecule is O=CN(c1cc(-c2ccc(NS(=O)(=O)CC3CCOC3)c(F)c2)c2cc[nH]c2n1)C1CC1. The largest absolute Gasteiger partial charge is 0.381 e. The number of carbonyl (C=O) groups excluding carboxylic acids is 1. The Morgan fingerprint density at radius 2 is 2.09 bits per heavy atom. The van der Waals surface area contributed by atoms with E-state index in [4.69, 9.17) is 4.74 Å². The summed E-state index contributed by atoms with van der Waals surface area (Å²) in [6.07, 6.45) is 5.04. The number of halogens is 1. The first-order valence-electron chi connectivity index (χ1n) is 10.5. The fourth-order valence-corrected chi connectivity index (χ4v) is 5.54. The summed E-state index contributed by atoms with van der Waals surface area (Å²) in [4.78, 5) is 20.8. The first kappa shape index (κ1) is 20.9. The number of amides is 1. The third kappa shape index (κ3) is 4.20. The maximum absolute atomic E-state index is 14.9. The Bertz CT molecular complexity index is 1270. The number of rotatable bonds is 8. The summed E-state index contributed by atoms with van der Waals surface area (Å²) in [7, 11) is -3.70. The third-order valence-corrected chi connectivity index (χ3v) is 7.30. The summed E-state index contributed by atoms with van der Waals surface area (Å²) in [5, 5.41) is 0.782. The van der Waals surface area contributed by atoms with Gasteiger partial charge in [0.2, 0.25) is 16.4 Å². The molecule has 1 saturated heterocycles. The number of sulfonamides is 1. The molecule has 3 aromatic rings. The van der Waals surface area contributed by atoms with E-state index in [1.54, 1.807) is 23.2 Å². The number of nitrogens with zero attached hydrogens (tertiary/aromatic N) is 2. The van der Waals surface area contributed by atoms with Crippen LogP contribution in [-0.4, -0.2) is 49.8 Å². The van der Waals surface area contributed by atoms with E-state index in [9.17, 15) is 17.6 Å². The molecule has 1 aliphatic carbocycles. The van der Waals surface area contributed by atoms with Gasteiger partial charge in [0, 0.05) is 30.1 Å². The van der Waals surface area contributed by atoms with Crippen molar-refractivity contribution in [3.05, 3.63) is 42.3 Å². The van der Waals surface area contributed by atoms with Crippen molar-refractivity contribution < 1.29 is 22.3 Å². The average Bonchev–Trinajstić information content (AvgIpc) is 3.25. The Balaban J connectivity index is 1.46.